The largest absolute Gasteiger partial charge is 0.346 e. The summed E-state index contributed by atoms with van der Waals surface area (Å²) >= 11 is 1.65. The third-order valence-corrected chi connectivity index (χ3v) is 5.29. The number of carbonyl (C=O) groups is 1. The van der Waals surface area contributed by atoms with E-state index in [9.17, 15) is 4.79 Å². The molecule has 0 aliphatic rings. The summed E-state index contributed by atoms with van der Waals surface area (Å²) in [7, 11) is 0. The summed E-state index contributed by atoms with van der Waals surface area (Å²) in [6.45, 7) is 2.71. The molecule has 0 amide bonds. The molecule has 25 heavy (non-hydrogen) atoms. The fourth-order valence-corrected chi connectivity index (χ4v) is 3.91. The smallest absolute Gasteiger partial charge is 0.174 e. The van der Waals surface area contributed by atoms with Crippen molar-refractivity contribution in [2.45, 2.75) is 25.6 Å². The van der Waals surface area contributed by atoms with Crippen LogP contribution in [0.15, 0.2) is 54.7 Å². The molecule has 2 aromatic carbocycles. The highest BCUT2D eigenvalue weighted by molar-refractivity contribution is 7.99. The molecule has 126 valence electrons. The third kappa shape index (κ3) is 3.94. The van der Waals surface area contributed by atoms with Crippen LogP contribution in [0.2, 0.25) is 0 Å². The Kier molecular flexibility index (Phi) is 5.57. The summed E-state index contributed by atoms with van der Waals surface area (Å²) in [5.74, 6) is 1.44. The summed E-state index contributed by atoms with van der Waals surface area (Å²) in [5, 5.41) is 9.80. The molecule has 0 saturated carbocycles. The Morgan fingerprint density at radius 3 is 2.72 bits per heavy atom. The average Bonchev–Trinajstić information content (AvgIpc) is 3.00. The van der Waals surface area contributed by atoms with Crippen LogP contribution in [0.5, 0.6) is 0 Å². The standard InChI is InChI=1S/C21H20N2OS/c1-16-7-2-3-8-17(16)14-25-15-21(24)19-13-23(12-6-11-22)20-10-5-4-9-18(19)20/h2-5,7-10,13H,6,12,14-15H2,1H3. The molecule has 3 rings (SSSR count). The second kappa shape index (κ2) is 8.04. The number of thioether (sulfide) groups is 1. The molecule has 0 atom stereocenters. The van der Waals surface area contributed by atoms with E-state index >= 15 is 0 Å². The van der Waals surface area contributed by atoms with E-state index in [1.165, 1.54) is 11.1 Å². The van der Waals surface area contributed by atoms with Gasteiger partial charge in [-0.3, -0.25) is 4.79 Å². The number of nitrogens with zero attached hydrogens (tertiary/aromatic N) is 2. The fourth-order valence-electron chi connectivity index (χ4n) is 2.93. The van der Waals surface area contributed by atoms with E-state index < -0.39 is 0 Å². The number of para-hydroxylation sites is 1. The molecule has 1 heterocycles. The van der Waals surface area contributed by atoms with Gasteiger partial charge in [0.1, 0.15) is 0 Å². The molecule has 0 fully saturated rings. The van der Waals surface area contributed by atoms with Crippen molar-refractivity contribution in [2.24, 2.45) is 0 Å². The van der Waals surface area contributed by atoms with Crippen LogP contribution in [0, 0.1) is 18.3 Å². The maximum absolute atomic E-state index is 12.7. The highest BCUT2D eigenvalue weighted by atomic mass is 32.2. The Morgan fingerprint density at radius 2 is 1.92 bits per heavy atom. The minimum absolute atomic E-state index is 0.144. The second-order valence-corrected chi connectivity index (χ2v) is 6.99. The minimum atomic E-state index is 0.144. The molecular formula is C21H20N2OS. The SMILES string of the molecule is Cc1ccccc1CSCC(=O)c1cn(CCC#N)c2ccccc12. The zero-order valence-corrected chi connectivity index (χ0v) is 15.1. The number of aryl methyl sites for hydroxylation is 2. The predicted molar refractivity (Wildman–Crippen MR) is 104 cm³/mol. The van der Waals surface area contributed by atoms with Crippen molar-refractivity contribution >= 4 is 28.4 Å². The van der Waals surface area contributed by atoms with Gasteiger partial charge in [-0.1, -0.05) is 42.5 Å². The second-order valence-electron chi connectivity index (χ2n) is 6.00. The number of fused-ring (bicyclic) bond motifs is 1. The van der Waals surface area contributed by atoms with Crippen LogP contribution in [0.25, 0.3) is 10.9 Å². The molecule has 0 bridgehead atoms. The van der Waals surface area contributed by atoms with E-state index in [-0.39, 0.29) is 5.78 Å². The van der Waals surface area contributed by atoms with Crippen LogP contribution in [-0.4, -0.2) is 16.1 Å². The quantitative estimate of drug-likeness (QED) is 0.566. The summed E-state index contributed by atoms with van der Waals surface area (Å²) in [6.07, 6.45) is 2.34. The van der Waals surface area contributed by atoms with Gasteiger partial charge in [-0.15, -0.1) is 11.8 Å². The summed E-state index contributed by atoms with van der Waals surface area (Å²) < 4.78 is 2.01. The Labute approximate surface area is 152 Å². The number of hydrogen-bond acceptors (Lipinski definition) is 3. The lowest BCUT2D eigenvalue weighted by molar-refractivity contribution is 0.102. The fraction of sp³-hybridized carbons (Fsp3) is 0.238. The Bertz CT molecular complexity index is 936. The van der Waals surface area contributed by atoms with Gasteiger partial charge < -0.3 is 4.57 Å². The van der Waals surface area contributed by atoms with Gasteiger partial charge in [-0.25, -0.2) is 0 Å². The van der Waals surface area contributed by atoms with Gasteiger partial charge in [0.25, 0.3) is 0 Å². The number of hydrogen-bond donors (Lipinski definition) is 0. The van der Waals surface area contributed by atoms with Crippen molar-refractivity contribution < 1.29 is 4.79 Å². The maximum atomic E-state index is 12.7. The van der Waals surface area contributed by atoms with Gasteiger partial charge in [-0.2, -0.15) is 5.26 Å². The molecule has 0 N–H and O–H groups in total. The number of ketones is 1. The summed E-state index contributed by atoms with van der Waals surface area (Å²) in [4.78, 5) is 12.7. The third-order valence-electron chi connectivity index (χ3n) is 4.31. The number of aromatic nitrogens is 1. The van der Waals surface area contributed by atoms with Crippen molar-refractivity contribution in [1.82, 2.24) is 4.57 Å². The predicted octanol–water partition coefficient (Wildman–Crippen LogP) is 4.98. The molecule has 1 aromatic heterocycles. The number of nitriles is 1. The highest BCUT2D eigenvalue weighted by Crippen LogP contribution is 2.24. The van der Waals surface area contributed by atoms with Gasteiger partial charge >= 0.3 is 0 Å². The van der Waals surface area contributed by atoms with E-state index in [0.29, 0.717) is 18.7 Å². The molecule has 0 aliphatic carbocycles. The monoisotopic (exact) mass is 348 g/mol. The Hall–Kier alpha value is -2.51. The van der Waals surface area contributed by atoms with Crippen LogP contribution < -0.4 is 0 Å². The highest BCUT2D eigenvalue weighted by Gasteiger charge is 2.15. The lowest BCUT2D eigenvalue weighted by Crippen LogP contribution is -2.02. The number of Topliss-reactive ketones (excluding diaryl/α,β-unsaturated/α-hetero) is 1. The van der Waals surface area contributed by atoms with Gasteiger partial charge in [0.05, 0.1) is 18.2 Å². The normalized spacial score (nSPS) is 10.7. The van der Waals surface area contributed by atoms with Crippen LogP contribution in [0.1, 0.15) is 27.9 Å². The Morgan fingerprint density at radius 1 is 1.16 bits per heavy atom. The summed E-state index contributed by atoms with van der Waals surface area (Å²) in [5.41, 5.74) is 4.31. The van der Waals surface area contributed by atoms with E-state index in [0.717, 1.165) is 22.2 Å². The zero-order valence-electron chi connectivity index (χ0n) is 14.2. The van der Waals surface area contributed by atoms with Crippen molar-refractivity contribution in [3.05, 3.63) is 71.4 Å². The minimum Gasteiger partial charge on any atom is -0.346 e. The first-order valence-corrected chi connectivity index (χ1v) is 9.46. The summed E-state index contributed by atoms with van der Waals surface area (Å²) in [6, 6.07) is 18.3. The molecule has 0 saturated heterocycles. The van der Waals surface area contributed by atoms with Gasteiger partial charge in [-0.05, 0) is 24.1 Å². The maximum Gasteiger partial charge on any atom is 0.174 e. The topological polar surface area (TPSA) is 45.8 Å². The van der Waals surface area contributed by atoms with Crippen LogP contribution >= 0.6 is 11.8 Å². The van der Waals surface area contributed by atoms with Crippen LogP contribution in [-0.2, 0) is 12.3 Å². The first-order chi connectivity index (χ1) is 12.2. The number of rotatable bonds is 7. The number of carbonyl (C=O) groups excluding carboxylic acids is 1. The van der Waals surface area contributed by atoms with E-state index in [4.69, 9.17) is 5.26 Å². The van der Waals surface area contributed by atoms with Gasteiger partial charge in [0.2, 0.25) is 0 Å². The molecular weight excluding hydrogens is 328 g/mol. The molecule has 0 unspecified atom stereocenters. The molecule has 0 spiro atoms. The van der Waals surface area contributed by atoms with E-state index in [2.05, 4.69) is 25.1 Å². The first kappa shape index (κ1) is 17.3. The average molecular weight is 348 g/mol. The van der Waals surface area contributed by atoms with Gasteiger partial charge in [0.15, 0.2) is 5.78 Å². The van der Waals surface area contributed by atoms with Crippen LogP contribution in [0.3, 0.4) is 0 Å². The number of benzene rings is 2. The van der Waals surface area contributed by atoms with Crippen molar-refractivity contribution in [1.29, 1.82) is 5.26 Å². The van der Waals surface area contributed by atoms with Crippen LogP contribution in [0.4, 0.5) is 0 Å². The zero-order chi connectivity index (χ0) is 17.6. The molecule has 0 aliphatic heterocycles. The van der Waals surface area contributed by atoms with Gasteiger partial charge in [0, 0.05) is 35.0 Å². The van der Waals surface area contributed by atoms with Crippen molar-refractivity contribution in [2.75, 3.05) is 5.75 Å². The van der Waals surface area contributed by atoms with E-state index in [1.807, 2.05) is 47.2 Å². The first-order valence-electron chi connectivity index (χ1n) is 8.31. The Balaban J connectivity index is 1.74. The molecule has 4 heteroatoms. The lowest BCUT2D eigenvalue weighted by atomic mass is 10.1. The van der Waals surface area contributed by atoms with E-state index in [1.54, 1.807) is 11.8 Å². The molecule has 3 nitrogen and oxygen atoms in total. The van der Waals surface area contributed by atoms with Crippen molar-refractivity contribution in [3.8, 4) is 6.07 Å². The lowest BCUT2D eigenvalue weighted by Gasteiger charge is -2.04. The molecule has 3 aromatic rings. The van der Waals surface area contributed by atoms with Crippen molar-refractivity contribution in [3.63, 3.8) is 0 Å². The molecule has 0 radical (unpaired) electrons.